The van der Waals surface area contributed by atoms with Crippen LogP contribution in [-0.4, -0.2) is 39.0 Å². The first-order chi connectivity index (χ1) is 14.9. The lowest BCUT2D eigenvalue weighted by Crippen LogP contribution is -2.24. The quantitative estimate of drug-likeness (QED) is 0.514. The molecule has 1 aromatic heterocycles. The highest BCUT2D eigenvalue weighted by Crippen LogP contribution is 2.32. The molecule has 1 unspecified atom stereocenters. The first-order valence-corrected chi connectivity index (χ1v) is 11.7. The van der Waals surface area contributed by atoms with Gasteiger partial charge in [0, 0.05) is 23.8 Å². The predicted octanol–water partition coefficient (Wildman–Crippen LogP) is 5.26. The van der Waals surface area contributed by atoms with Crippen LogP contribution in [0.4, 0.5) is 11.6 Å². The lowest BCUT2D eigenvalue weighted by atomic mass is 10.1. The summed E-state index contributed by atoms with van der Waals surface area (Å²) in [5.74, 6) is 0.728. The van der Waals surface area contributed by atoms with Gasteiger partial charge in [-0.2, -0.15) is 0 Å². The minimum atomic E-state index is -0.353. The summed E-state index contributed by atoms with van der Waals surface area (Å²) in [6.45, 7) is 7.79. The number of benzene rings is 2. The molecule has 162 valence electrons. The Kier molecular flexibility index (Phi) is 6.53. The van der Waals surface area contributed by atoms with Gasteiger partial charge in [-0.3, -0.25) is 9.36 Å². The lowest BCUT2D eigenvalue weighted by molar-refractivity contribution is -0.115. The number of hydrogen-bond acceptors (Lipinski definition) is 5. The molecule has 6 nitrogen and oxygen atoms in total. The highest BCUT2D eigenvalue weighted by molar-refractivity contribution is 8.00. The molecule has 0 saturated carbocycles. The Labute approximate surface area is 192 Å². The first-order valence-electron chi connectivity index (χ1n) is 10.4. The van der Waals surface area contributed by atoms with Crippen LogP contribution in [0.15, 0.2) is 47.6 Å². The Hall–Kier alpha value is -2.51. The van der Waals surface area contributed by atoms with Gasteiger partial charge in [-0.25, -0.2) is 0 Å². The zero-order chi connectivity index (χ0) is 22.0. The van der Waals surface area contributed by atoms with E-state index in [2.05, 4.69) is 20.4 Å². The van der Waals surface area contributed by atoms with Crippen LogP contribution in [0.1, 0.15) is 30.9 Å². The standard InChI is InChI=1S/C23H26ClN5OS/c1-15-9-10-16(2)20(13-15)25-21(30)17(3)31-23-27-26-22(28-11-4-5-12-28)29(23)19-8-6-7-18(24)14-19/h6-10,13-14,17H,4-5,11-12H2,1-3H3,(H,25,30). The Balaban J connectivity index is 1.60. The molecule has 1 aliphatic rings. The largest absolute Gasteiger partial charge is 0.341 e. The van der Waals surface area contributed by atoms with Gasteiger partial charge in [0.1, 0.15) is 0 Å². The topological polar surface area (TPSA) is 63.1 Å². The molecule has 3 aromatic rings. The predicted molar refractivity (Wildman–Crippen MR) is 128 cm³/mol. The summed E-state index contributed by atoms with van der Waals surface area (Å²) < 4.78 is 2.00. The van der Waals surface area contributed by atoms with Gasteiger partial charge in [-0.15, -0.1) is 10.2 Å². The zero-order valence-electron chi connectivity index (χ0n) is 17.9. The summed E-state index contributed by atoms with van der Waals surface area (Å²) in [7, 11) is 0. The van der Waals surface area contributed by atoms with E-state index in [1.54, 1.807) is 0 Å². The van der Waals surface area contributed by atoms with E-state index in [9.17, 15) is 4.79 Å². The Bertz CT molecular complexity index is 1090. The Morgan fingerprint density at radius 1 is 1.13 bits per heavy atom. The Morgan fingerprint density at radius 2 is 1.90 bits per heavy atom. The number of rotatable bonds is 6. The normalized spacial score (nSPS) is 14.6. The number of thioether (sulfide) groups is 1. The maximum Gasteiger partial charge on any atom is 0.237 e. The van der Waals surface area contributed by atoms with Gasteiger partial charge in [-0.05, 0) is 69.0 Å². The SMILES string of the molecule is Cc1ccc(C)c(NC(=O)C(C)Sc2nnc(N3CCCC3)n2-c2cccc(Cl)c2)c1. The third kappa shape index (κ3) is 4.88. The van der Waals surface area contributed by atoms with Crippen molar-refractivity contribution in [3.8, 4) is 5.69 Å². The summed E-state index contributed by atoms with van der Waals surface area (Å²) in [4.78, 5) is 15.2. The van der Waals surface area contributed by atoms with Crippen LogP contribution in [0.2, 0.25) is 5.02 Å². The van der Waals surface area contributed by atoms with Crippen molar-refractivity contribution in [2.24, 2.45) is 0 Å². The second-order valence-electron chi connectivity index (χ2n) is 7.86. The van der Waals surface area contributed by atoms with Gasteiger partial charge in [0.05, 0.1) is 10.9 Å². The zero-order valence-corrected chi connectivity index (χ0v) is 19.5. The molecule has 2 aromatic carbocycles. The summed E-state index contributed by atoms with van der Waals surface area (Å²) in [6, 6.07) is 13.7. The molecule has 1 aliphatic heterocycles. The van der Waals surface area contributed by atoms with Crippen LogP contribution in [0.5, 0.6) is 0 Å². The molecule has 0 spiro atoms. The first kappa shape index (κ1) is 21.7. The van der Waals surface area contributed by atoms with Gasteiger partial charge in [0.25, 0.3) is 0 Å². The average Bonchev–Trinajstić information content (AvgIpc) is 3.40. The van der Waals surface area contributed by atoms with Crippen molar-refractivity contribution in [2.45, 2.75) is 44.0 Å². The molecule has 1 saturated heterocycles. The van der Waals surface area contributed by atoms with Crippen LogP contribution in [0.25, 0.3) is 5.69 Å². The Morgan fingerprint density at radius 3 is 2.65 bits per heavy atom. The van der Waals surface area contributed by atoms with Crippen molar-refractivity contribution < 1.29 is 4.79 Å². The van der Waals surface area contributed by atoms with Crippen LogP contribution in [-0.2, 0) is 4.79 Å². The van der Waals surface area contributed by atoms with E-state index in [1.165, 1.54) is 11.8 Å². The summed E-state index contributed by atoms with van der Waals surface area (Å²) in [5.41, 5.74) is 3.88. The summed E-state index contributed by atoms with van der Waals surface area (Å²) >= 11 is 7.66. The van der Waals surface area contributed by atoms with E-state index >= 15 is 0 Å². The number of halogens is 1. The van der Waals surface area contributed by atoms with Crippen LogP contribution < -0.4 is 10.2 Å². The number of carbonyl (C=O) groups excluding carboxylic acids is 1. The third-order valence-electron chi connectivity index (χ3n) is 5.37. The molecule has 8 heteroatoms. The minimum absolute atomic E-state index is 0.0675. The monoisotopic (exact) mass is 455 g/mol. The molecule has 0 aliphatic carbocycles. The number of aryl methyl sites for hydroxylation is 2. The van der Waals surface area contributed by atoms with E-state index in [1.807, 2.05) is 67.8 Å². The van der Waals surface area contributed by atoms with Crippen molar-refractivity contribution in [2.75, 3.05) is 23.3 Å². The molecule has 2 heterocycles. The fourth-order valence-corrected chi connectivity index (χ4v) is 4.67. The molecule has 4 rings (SSSR count). The molecule has 31 heavy (non-hydrogen) atoms. The van der Waals surface area contributed by atoms with Crippen molar-refractivity contribution in [1.82, 2.24) is 14.8 Å². The maximum atomic E-state index is 12.9. The van der Waals surface area contributed by atoms with E-state index in [4.69, 9.17) is 11.6 Å². The number of carbonyl (C=O) groups is 1. The molecule has 0 bridgehead atoms. The average molecular weight is 456 g/mol. The van der Waals surface area contributed by atoms with E-state index < -0.39 is 0 Å². The van der Waals surface area contributed by atoms with Gasteiger partial charge in [-0.1, -0.05) is 41.6 Å². The second-order valence-corrected chi connectivity index (χ2v) is 9.60. The van der Waals surface area contributed by atoms with Gasteiger partial charge >= 0.3 is 0 Å². The second kappa shape index (κ2) is 9.32. The molecular formula is C23H26ClN5OS. The third-order valence-corrected chi connectivity index (χ3v) is 6.65. The minimum Gasteiger partial charge on any atom is -0.341 e. The van der Waals surface area contributed by atoms with E-state index in [-0.39, 0.29) is 11.2 Å². The van der Waals surface area contributed by atoms with Crippen molar-refractivity contribution in [1.29, 1.82) is 0 Å². The maximum absolute atomic E-state index is 12.9. The molecule has 1 fully saturated rings. The van der Waals surface area contributed by atoms with E-state index in [0.717, 1.165) is 54.4 Å². The van der Waals surface area contributed by atoms with E-state index in [0.29, 0.717) is 10.2 Å². The van der Waals surface area contributed by atoms with Crippen molar-refractivity contribution in [3.05, 3.63) is 58.6 Å². The number of anilines is 2. The number of amides is 1. The molecule has 1 atom stereocenters. The highest BCUT2D eigenvalue weighted by Gasteiger charge is 2.25. The summed E-state index contributed by atoms with van der Waals surface area (Å²) in [6.07, 6.45) is 2.28. The number of nitrogens with one attached hydrogen (secondary N) is 1. The number of nitrogens with zero attached hydrogens (tertiary/aromatic N) is 4. The number of aromatic nitrogens is 3. The van der Waals surface area contributed by atoms with Crippen LogP contribution in [0, 0.1) is 13.8 Å². The van der Waals surface area contributed by atoms with Crippen LogP contribution >= 0.6 is 23.4 Å². The summed E-state index contributed by atoms with van der Waals surface area (Å²) in [5, 5.41) is 12.9. The molecular weight excluding hydrogens is 430 g/mol. The molecule has 1 amide bonds. The molecule has 1 N–H and O–H groups in total. The van der Waals surface area contributed by atoms with Crippen molar-refractivity contribution in [3.63, 3.8) is 0 Å². The molecule has 0 radical (unpaired) electrons. The number of hydrogen-bond donors (Lipinski definition) is 1. The lowest BCUT2D eigenvalue weighted by Gasteiger charge is -2.19. The highest BCUT2D eigenvalue weighted by atomic mass is 35.5. The fraction of sp³-hybridized carbons (Fsp3) is 0.348. The van der Waals surface area contributed by atoms with Gasteiger partial charge in [0.2, 0.25) is 11.9 Å². The fourth-order valence-electron chi connectivity index (χ4n) is 3.62. The van der Waals surface area contributed by atoms with Gasteiger partial charge < -0.3 is 10.2 Å². The smallest absolute Gasteiger partial charge is 0.237 e. The van der Waals surface area contributed by atoms with Crippen molar-refractivity contribution >= 4 is 40.9 Å². The van der Waals surface area contributed by atoms with Crippen LogP contribution in [0.3, 0.4) is 0 Å². The van der Waals surface area contributed by atoms with Gasteiger partial charge in [0.15, 0.2) is 5.16 Å².